The van der Waals surface area contributed by atoms with E-state index in [-0.39, 0.29) is 12.3 Å². The summed E-state index contributed by atoms with van der Waals surface area (Å²) in [5, 5.41) is 5.82. The minimum absolute atomic E-state index is 0.139. The zero-order valence-electron chi connectivity index (χ0n) is 8.76. The molecule has 1 aromatic carbocycles. The number of hydrogen-bond acceptors (Lipinski definition) is 4. The van der Waals surface area contributed by atoms with E-state index in [1.165, 1.54) is 18.5 Å². The Bertz CT molecular complexity index is 412. The largest absolute Gasteiger partial charge is 0.398 e. The van der Waals surface area contributed by atoms with Crippen LogP contribution in [-0.4, -0.2) is 12.1 Å². The molecule has 5 heteroatoms. The number of anilines is 1. The summed E-state index contributed by atoms with van der Waals surface area (Å²) >= 11 is 0. The fourth-order valence-electron chi connectivity index (χ4n) is 1.15. The molecule has 0 fully saturated rings. The highest BCUT2D eigenvalue weighted by Crippen LogP contribution is 2.10. The zero-order chi connectivity index (χ0) is 11.8. The van der Waals surface area contributed by atoms with Crippen molar-refractivity contribution in [2.75, 3.05) is 5.73 Å². The third kappa shape index (κ3) is 3.83. The summed E-state index contributed by atoms with van der Waals surface area (Å²) in [7, 11) is 0. The van der Waals surface area contributed by atoms with Crippen LogP contribution >= 0.6 is 0 Å². The van der Waals surface area contributed by atoms with Gasteiger partial charge in [0.1, 0.15) is 0 Å². The number of nitrogens with one attached hydrogen (secondary N) is 1. The van der Waals surface area contributed by atoms with E-state index in [2.05, 4.69) is 10.4 Å². The first-order chi connectivity index (χ1) is 7.74. The number of nitrogen functional groups attached to an aromatic ring is 1. The smallest absolute Gasteiger partial charge is 0.228 e. The average molecular weight is 218 g/mol. The molecule has 0 aliphatic rings. The third-order valence-corrected chi connectivity index (χ3v) is 1.92. The lowest BCUT2D eigenvalue weighted by Crippen LogP contribution is -2.19. The van der Waals surface area contributed by atoms with Gasteiger partial charge in [-0.2, -0.15) is 5.10 Å². The molecule has 0 heterocycles. The van der Waals surface area contributed by atoms with Crippen LogP contribution in [0.2, 0.25) is 0 Å². The molecule has 5 nitrogen and oxygen atoms in total. The summed E-state index contributed by atoms with van der Waals surface area (Å²) in [6, 6.07) is 7.25. The number of carbonyl (C=O) groups is 1. The van der Waals surface area contributed by atoms with Crippen LogP contribution in [0.5, 0.6) is 0 Å². The number of allylic oxidation sites excluding steroid dienone is 1. The van der Waals surface area contributed by atoms with Gasteiger partial charge in [-0.15, -0.1) is 0 Å². The number of nitrogens with zero attached hydrogens (tertiary/aromatic N) is 1. The topological polar surface area (TPSA) is 93.5 Å². The average Bonchev–Trinajstić information content (AvgIpc) is 2.28. The number of amides is 1. The van der Waals surface area contributed by atoms with E-state index >= 15 is 0 Å². The summed E-state index contributed by atoms with van der Waals surface area (Å²) in [5.74, 6) is 4.74. The Labute approximate surface area is 93.8 Å². The molecule has 0 aliphatic heterocycles. The van der Waals surface area contributed by atoms with Crippen LogP contribution in [0.3, 0.4) is 0 Å². The summed E-state index contributed by atoms with van der Waals surface area (Å²) in [6.07, 6.45) is 4.62. The molecule has 84 valence electrons. The Kier molecular flexibility index (Phi) is 4.59. The van der Waals surface area contributed by atoms with Crippen LogP contribution in [0.1, 0.15) is 5.56 Å². The Morgan fingerprint density at radius 2 is 2.19 bits per heavy atom. The Hall–Kier alpha value is -2.30. The van der Waals surface area contributed by atoms with Gasteiger partial charge in [0.05, 0.1) is 6.42 Å². The standard InChI is InChI=1S/C11H14N4O/c12-10-5-2-1-4-9(10)8-11(16)14-6-3-7-15-13/h1-7H,8,12-13H2,(H,14,16)/b6-3+,15-7-. The molecule has 1 amide bonds. The van der Waals surface area contributed by atoms with E-state index in [4.69, 9.17) is 11.6 Å². The number of hydrogen-bond donors (Lipinski definition) is 3. The first kappa shape index (κ1) is 11.8. The van der Waals surface area contributed by atoms with E-state index in [0.29, 0.717) is 5.69 Å². The molecule has 0 unspecified atom stereocenters. The van der Waals surface area contributed by atoms with Crippen molar-refractivity contribution >= 4 is 17.8 Å². The quantitative estimate of drug-likeness (QED) is 0.295. The highest BCUT2D eigenvalue weighted by molar-refractivity contribution is 5.82. The lowest BCUT2D eigenvalue weighted by molar-refractivity contribution is -0.119. The zero-order valence-corrected chi connectivity index (χ0v) is 8.76. The molecule has 1 rings (SSSR count). The summed E-state index contributed by atoms with van der Waals surface area (Å²) in [5.41, 5.74) is 7.13. The Morgan fingerprint density at radius 3 is 2.88 bits per heavy atom. The molecule has 0 saturated carbocycles. The van der Waals surface area contributed by atoms with Crippen LogP contribution in [-0.2, 0) is 11.2 Å². The maximum atomic E-state index is 11.4. The van der Waals surface area contributed by atoms with Gasteiger partial charge >= 0.3 is 0 Å². The van der Waals surface area contributed by atoms with Gasteiger partial charge in [-0.25, -0.2) is 0 Å². The number of nitrogens with two attached hydrogens (primary N) is 2. The van der Waals surface area contributed by atoms with E-state index in [1.54, 1.807) is 6.07 Å². The molecular formula is C11H14N4O. The van der Waals surface area contributed by atoms with Crippen molar-refractivity contribution in [3.8, 4) is 0 Å². The van der Waals surface area contributed by atoms with Crippen molar-refractivity contribution < 1.29 is 4.79 Å². The van der Waals surface area contributed by atoms with Crippen molar-refractivity contribution in [1.29, 1.82) is 0 Å². The Morgan fingerprint density at radius 1 is 1.44 bits per heavy atom. The molecule has 0 atom stereocenters. The van der Waals surface area contributed by atoms with Crippen LogP contribution < -0.4 is 16.9 Å². The molecule has 16 heavy (non-hydrogen) atoms. The van der Waals surface area contributed by atoms with Gasteiger partial charge < -0.3 is 16.9 Å². The molecule has 1 aromatic rings. The molecule has 0 radical (unpaired) electrons. The molecule has 0 aliphatic carbocycles. The second-order valence-corrected chi connectivity index (χ2v) is 3.10. The van der Waals surface area contributed by atoms with Gasteiger partial charge in [0, 0.05) is 18.1 Å². The minimum atomic E-state index is -0.139. The van der Waals surface area contributed by atoms with Crippen LogP contribution in [0.4, 0.5) is 5.69 Å². The van der Waals surface area contributed by atoms with Gasteiger partial charge in [0.2, 0.25) is 5.91 Å². The summed E-state index contributed by atoms with van der Waals surface area (Å²) < 4.78 is 0. The van der Waals surface area contributed by atoms with Gasteiger partial charge in [-0.05, 0) is 17.7 Å². The normalized spacial score (nSPS) is 11.0. The van der Waals surface area contributed by atoms with Crippen LogP contribution in [0.25, 0.3) is 0 Å². The lowest BCUT2D eigenvalue weighted by Gasteiger charge is -2.03. The first-order valence-corrected chi connectivity index (χ1v) is 4.75. The number of carbonyl (C=O) groups excluding carboxylic acids is 1. The van der Waals surface area contributed by atoms with E-state index in [1.807, 2.05) is 18.2 Å². The van der Waals surface area contributed by atoms with Crippen molar-refractivity contribution in [2.45, 2.75) is 6.42 Å². The van der Waals surface area contributed by atoms with E-state index < -0.39 is 0 Å². The number of benzene rings is 1. The van der Waals surface area contributed by atoms with Gasteiger partial charge in [-0.1, -0.05) is 18.2 Å². The SMILES string of the molecule is N/N=C\C=C\NC(=O)Cc1ccccc1N. The number of para-hydroxylation sites is 1. The molecular weight excluding hydrogens is 204 g/mol. The maximum Gasteiger partial charge on any atom is 0.228 e. The molecule has 0 aromatic heterocycles. The predicted octanol–water partition coefficient (Wildman–Crippen LogP) is 0.386. The fraction of sp³-hybridized carbons (Fsp3) is 0.0909. The van der Waals surface area contributed by atoms with Crippen molar-refractivity contribution in [1.82, 2.24) is 5.32 Å². The fourth-order valence-corrected chi connectivity index (χ4v) is 1.15. The number of rotatable bonds is 4. The van der Waals surface area contributed by atoms with Crippen molar-refractivity contribution in [3.05, 3.63) is 42.1 Å². The second kappa shape index (κ2) is 6.23. The highest BCUT2D eigenvalue weighted by atomic mass is 16.1. The third-order valence-electron chi connectivity index (χ3n) is 1.92. The number of hydrazone groups is 1. The predicted molar refractivity (Wildman–Crippen MR) is 64.5 cm³/mol. The molecule has 0 saturated heterocycles. The Balaban J connectivity index is 2.49. The van der Waals surface area contributed by atoms with E-state index in [9.17, 15) is 4.79 Å². The molecule has 0 bridgehead atoms. The van der Waals surface area contributed by atoms with Gasteiger partial charge in [-0.3, -0.25) is 4.79 Å². The lowest BCUT2D eigenvalue weighted by atomic mass is 10.1. The van der Waals surface area contributed by atoms with Crippen molar-refractivity contribution in [2.24, 2.45) is 10.9 Å². The molecule has 5 N–H and O–H groups in total. The first-order valence-electron chi connectivity index (χ1n) is 4.75. The molecule has 0 spiro atoms. The van der Waals surface area contributed by atoms with Crippen molar-refractivity contribution in [3.63, 3.8) is 0 Å². The van der Waals surface area contributed by atoms with Gasteiger partial charge in [0.15, 0.2) is 0 Å². The summed E-state index contributed by atoms with van der Waals surface area (Å²) in [6.45, 7) is 0. The van der Waals surface area contributed by atoms with Crippen LogP contribution in [0, 0.1) is 0 Å². The maximum absolute atomic E-state index is 11.4. The monoisotopic (exact) mass is 218 g/mol. The highest BCUT2D eigenvalue weighted by Gasteiger charge is 2.03. The van der Waals surface area contributed by atoms with Gasteiger partial charge in [0.25, 0.3) is 0 Å². The summed E-state index contributed by atoms with van der Waals surface area (Å²) in [4.78, 5) is 11.4. The second-order valence-electron chi connectivity index (χ2n) is 3.10. The van der Waals surface area contributed by atoms with Crippen LogP contribution in [0.15, 0.2) is 41.6 Å². The van der Waals surface area contributed by atoms with E-state index in [0.717, 1.165) is 5.56 Å². The minimum Gasteiger partial charge on any atom is -0.398 e.